The Kier molecular flexibility index (Phi) is 7.34. The molecule has 1 aliphatic heterocycles. The van der Waals surface area contributed by atoms with Gasteiger partial charge in [-0.05, 0) is 24.6 Å². The van der Waals surface area contributed by atoms with E-state index in [1.165, 1.54) is 0 Å². The molecule has 0 saturated carbocycles. The molecule has 154 valence electrons. The van der Waals surface area contributed by atoms with Crippen molar-refractivity contribution >= 4 is 19.3 Å². The maximum Gasteiger partial charge on any atom is 0.271 e. The van der Waals surface area contributed by atoms with Crippen LogP contribution < -0.4 is 5.09 Å². The van der Waals surface area contributed by atoms with Gasteiger partial charge in [0.15, 0.2) is 0 Å². The molecule has 8 heteroatoms. The topological polar surface area (TPSA) is 84.9 Å². The number of ether oxygens (including phenoxy) is 1. The molecular formula is C21H25N2O5P. The Labute approximate surface area is 170 Å². The number of carbonyl (C=O) groups excluding carboxylic acids is 2. The van der Waals surface area contributed by atoms with Crippen molar-refractivity contribution in [1.29, 1.82) is 0 Å². The number of nitrogens with zero attached hydrogens (tertiary/aromatic N) is 1. The van der Waals surface area contributed by atoms with E-state index in [0.717, 1.165) is 10.5 Å². The van der Waals surface area contributed by atoms with Crippen molar-refractivity contribution in [3.8, 4) is 0 Å². The van der Waals surface area contributed by atoms with Crippen molar-refractivity contribution in [1.82, 2.24) is 9.99 Å². The Hall–Kier alpha value is -2.31. The molecule has 29 heavy (non-hydrogen) atoms. The predicted octanol–water partition coefficient (Wildman–Crippen LogP) is 3.32. The lowest BCUT2D eigenvalue weighted by atomic mass is 10.1. The highest BCUT2D eigenvalue weighted by Crippen LogP contribution is 2.42. The second-order valence-corrected chi connectivity index (χ2v) is 8.94. The van der Waals surface area contributed by atoms with Gasteiger partial charge < -0.3 is 9.26 Å². The number of imide groups is 1. The lowest BCUT2D eigenvalue weighted by Crippen LogP contribution is -2.34. The van der Waals surface area contributed by atoms with Crippen LogP contribution in [0.15, 0.2) is 54.6 Å². The van der Waals surface area contributed by atoms with Crippen LogP contribution in [0.25, 0.3) is 0 Å². The predicted molar refractivity (Wildman–Crippen MR) is 110 cm³/mol. The van der Waals surface area contributed by atoms with Gasteiger partial charge in [0.2, 0.25) is 0 Å². The first-order chi connectivity index (χ1) is 14.0. The highest BCUT2D eigenvalue weighted by Gasteiger charge is 2.36. The van der Waals surface area contributed by atoms with E-state index in [1.54, 1.807) is 31.2 Å². The van der Waals surface area contributed by atoms with E-state index in [1.807, 2.05) is 30.3 Å². The molecule has 0 spiro atoms. The molecule has 1 N–H and O–H groups in total. The molecule has 7 nitrogen and oxygen atoms in total. The molecular weight excluding hydrogens is 391 g/mol. The maximum atomic E-state index is 13.1. The Bertz CT molecular complexity index is 868. The van der Waals surface area contributed by atoms with Crippen LogP contribution in [0.2, 0.25) is 0 Å². The monoisotopic (exact) mass is 416 g/mol. The van der Waals surface area contributed by atoms with E-state index >= 15 is 0 Å². The average Bonchev–Trinajstić information content (AvgIpc) is 2.98. The minimum absolute atomic E-state index is 0.0293. The molecule has 2 aromatic rings. The second-order valence-electron chi connectivity index (χ2n) is 6.57. The van der Waals surface area contributed by atoms with Crippen molar-refractivity contribution in [3.63, 3.8) is 0 Å². The SMILES string of the molecule is CCOP(=O)(CCN1C(=O)c2ccccc2C1=O)NCCOCc1ccccc1. The first-order valence-corrected chi connectivity index (χ1v) is 11.4. The minimum atomic E-state index is -3.21. The first-order valence-electron chi connectivity index (χ1n) is 9.59. The third-order valence-electron chi connectivity index (χ3n) is 4.54. The Morgan fingerprint density at radius 1 is 0.966 bits per heavy atom. The van der Waals surface area contributed by atoms with Crippen molar-refractivity contribution in [3.05, 3.63) is 71.3 Å². The van der Waals surface area contributed by atoms with Crippen molar-refractivity contribution < 1.29 is 23.4 Å². The number of hydrogen-bond acceptors (Lipinski definition) is 5. The normalized spacial score (nSPS) is 15.4. The number of nitrogens with one attached hydrogen (secondary N) is 1. The molecule has 0 fully saturated rings. The first kappa shape index (κ1) is 21.4. The van der Waals surface area contributed by atoms with Crippen molar-refractivity contribution in [2.75, 3.05) is 32.5 Å². The zero-order chi connectivity index (χ0) is 20.7. The highest BCUT2D eigenvalue weighted by molar-refractivity contribution is 7.56. The standard InChI is InChI=1S/C21H25N2O5P/c1-2-28-29(26,22-12-14-27-16-17-8-4-3-5-9-17)15-13-23-20(24)18-10-6-7-11-19(18)21(23)25/h3-11H,2,12-16H2,1H3,(H,22,26). The molecule has 3 rings (SSSR count). The maximum absolute atomic E-state index is 13.1. The van der Waals surface area contributed by atoms with Crippen LogP contribution in [0.4, 0.5) is 0 Å². The fourth-order valence-electron chi connectivity index (χ4n) is 3.12. The zero-order valence-corrected chi connectivity index (χ0v) is 17.3. The van der Waals surface area contributed by atoms with E-state index in [4.69, 9.17) is 9.26 Å². The number of fused-ring (bicyclic) bond motifs is 1. The molecule has 2 amide bonds. The molecule has 0 saturated heterocycles. The lowest BCUT2D eigenvalue weighted by molar-refractivity contribution is 0.0663. The molecule has 0 radical (unpaired) electrons. The second kappa shape index (κ2) is 9.94. The van der Waals surface area contributed by atoms with Gasteiger partial charge in [-0.15, -0.1) is 0 Å². The van der Waals surface area contributed by atoms with E-state index < -0.39 is 7.52 Å². The third kappa shape index (κ3) is 5.40. The molecule has 2 aromatic carbocycles. The van der Waals surface area contributed by atoms with Crippen molar-refractivity contribution in [2.24, 2.45) is 0 Å². The summed E-state index contributed by atoms with van der Waals surface area (Å²) in [4.78, 5) is 26.0. The quantitative estimate of drug-likeness (QED) is 0.344. The average molecular weight is 416 g/mol. The van der Waals surface area contributed by atoms with Gasteiger partial charge in [0, 0.05) is 13.1 Å². The van der Waals surface area contributed by atoms with Gasteiger partial charge in [-0.25, -0.2) is 5.09 Å². The molecule has 0 aliphatic carbocycles. The summed E-state index contributed by atoms with van der Waals surface area (Å²) in [6.07, 6.45) is 0.0466. The molecule has 0 aromatic heterocycles. The minimum Gasteiger partial charge on any atom is -0.375 e. The number of rotatable bonds is 11. The molecule has 1 aliphatic rings. The van der Waals surface area contributed by atoms with Gasteiger partial charge in [0.25, 0.3) is 19.3 Å². The summed E-state index contributed by atoms with van der Waals surface area (Å²) in [6.45, 7) is 3.21. The fourth-order valence-corrected chi connectivity index (χ4v) is 4.81. The highest BCUT2D eigenvalue weighted by atomic mass is 31.2. The van der Waals surface area contributed by atoms with Crippen LogP contribution in [-0.2, 0) is 20.4 Å². The number of carbonyl (C=O) groups is 2. The van der Waals surface area contributed by atoms with Gasteiger partial charge in [-0.3, -0.25) is 19.1 Å². The lowest BCUT2D eigenvalue weighted by Gasteiger charge is -2.21. The van der Waals surface area contributed by atoms with Gasteiger partial charge in [-0.2, -0.15) is 0 Å². The fraction of sp³-hybridized carbons (Fsp3) is 0.333. The Balaban J connectivity index is 1.49. The van der Waals surface area contributed by atoms with E-state index in [9.17, 15) is 14.2 Å². The van der Waals surface area contributed by atoms with Gasteiger partial charge >= 0.3 is 0 Å². The Morgan fingerprint density at radius 3 is 2.21 bits per heavy atom. The Morgan fingerprint density at radius 2 is 1.59 bits per heavy atom. The summed E-state index contributed by atoms with van der Waals surface area (Å²) in [5.41, 5.74) is 1.82. The third-order valence-corrected chi connectivity index (χ3v) is 6.71. The summed E-state index contributed by atoms with van der Waals surface area (Å²) in [7, 11) is -3.21. The molecule has 1 atom stereocenters. The largest absolute Gasteiger partial charge is 0.375 e. The smallest absolute Gasteiger partial charge is 0.271 e. The molecule has 0 bridgehead atoms. The van der Waals surface area contributed by atoms with Crippen LogP contribution in [0, 0.1) is 0 Å². The van der Waals surface area contributed by atoms with E-state index in [0.29, 0.717) is 30.9 Å². The van der Waals surface area contributed by atoms with Gasteiger partial charge in [-0.1, -0.05) is 42.5 Å². The van der Waals surface area contributed by atoms with Crippen LogP contribution in [0.3, 0.4) is 0 Å². The summed E-state index contributed by atoms with van der Waals surface area (Å²) >= 11 is 0. The van der Waals surface area contributed by atoms with Gasteiger partial charge in [0.1, 0.15) is 0 Å². The summed E-state index contributed by atoms with van der Waals surface area (Å²) in [5.74, 6) is -0.723. The van der Waals surface area contributed by atoms with Crippen LogP contribution in [0.1, 0.15) is 33.2 Å². The van der Waals surface area contributed by atoms with E-state index in [-0.39, 0.29) is 31.1 Å². The summed E-state index contributed by atoms with van der Waals surface area (Å²) < 4.78 is 24.1. The molecule has 1 unspecified atom stereocenters. The van der Waals surface area contributed by atoms with Crippen LogP contribution in [0.5, 0.6) is 0 Å². The zero-order valence-electron chi connectivity index (χ0n) is 16.4. The number of amides is 2. The van der Waals surface area contributed by atoms with Gasteiger partial charge in [0.05, 0.1) is 37.1 Å². The molecule has 1 heterocycles. The van der Waals surface area contributed by atoms with Crippen LogP contribution >= 0.6 is 7.52 Å². The van der Waals surface area contributed by atoms with Crippen LogP contribution in [-0.4, -0.2) is 49.2 Å². The van der Waals surface area contributed by atoms with E-state index in [2.05, 4.69) is 5.09 Å². The van der Waals surface area contributed by atoms with Crippen molar-refractivity contribution in [2.45, 2.75) is 13.5 Å². The summed E-state index contributed by atoms with van der Waals surface area (Å²) in [5, 5.41) is 2.92. The number of benzene rings is 2. The summed E-state index contributed by atoms with van der Waals surface area (Å²) in [6, 6.07) is 16.5. The number of hydrogen-bond donors (Lipinski definition) is 1.